The van der Waals surface area contributed by atoms with Gasteiger partial charge in [-0.3, -0.25) is 9.89 Å². The van der Waals surface area contributed by atoms with Gasteiger partial charge in [-0.2, -0.15) is 5.10 Å². The summed E-state index contributed by atoms with van der Waals surface area (Å²) in [5.41, 5.74) is 5.11. The molecule has 2 aromatic rings. The van der Waals surface area contributed by atoms with Crippen LogP contribution in [0, 0.1) is 6.92 Å². The maximum Gasteiger partial charge on any atom is 0.280 e. The monoisotopic (exact) mass is 286 g/mol. The van der Waals surface area contributed by atoms with Gasteiger partial charge in [0.05, 0.1) is 17.5 Å². The second kappa shape index (κ2) is 7.47. The third-order valence-electron chi connectivity index (χ3n) is 3.31. The van der Waals surface area contributed by atoms with E-state index in [1.165, 1.54) is 17.5 Å². The van der Waals surface area contributed by atoms with Crippen LogP contribution < -0.4 is 11.0 Å². The molecule has 0 radical (unpaired) electrons. The number of aromatic amines is 1. The zero-order chi connectivity index (χ0) is 15.1. The summed E-state index contributed by atoms with van der Waals surface area (Å²) in [6.07, 6.45) is 5.06. The van der Waals surface area contributed by atoms with Crippen molar-refractivity contribution in [3.05, 3.63) is 51.9 Å². The second-order valence-electron chi connectivity index (χ2n) is 5.00. The Morgan fingerprint density at radius 2 is 2.05 bits per heavy atom. The number of unbranched alkanes of at least 4 members (excludes halogenated alkanes) is 2. The van der Waals surface area contributed by atoms with Crippen molar-refractivity contribution in [3.63, 3.8) is 0 Å². The van der Waals surface area contributed by atoms with Gasteiger partial charge in [0, 0.05) is 12.2 Å². The summed E-state index contributed by atoms with van der Waals surface area (Å²) < 4.78 is 1.54. The van der Waals surface area contributed by atoms with Crippen LogP contribution in [0.2, 0.25) is 0 Å². The van der Waals surface area contributed by atoms with Crippen LogP contribution in [-0.2, 0) is 0 Å². The van der Waals surface area contributed by atoms with E-state index < -0.39 is 0 Å². The van der Waals surface area contributed by atoms with Crippen LogP contribution in [-0.4, -0.2) is 22.5 Å². The first kappa shape index (κ1) is 15.1. The Morgan fingerprint density at radius 3 is 2.76 bits per heavy atom. The highest BCUT2D eigenvalue weighted by Crippen LogP contribution is 2.05. The Kier molecular flexibility index (Phi) is 5.37. The number of para-hydroxylation sites is 1. The number of aromatic nitrogens is 2. The SMILES string of the molecule is CCCCCN/N=C/c1c(C)[nH]n(-c2ccccc2)c1=O. The number of nitrogens with zero attached hydrogens (tertiary/aromatic N) is 2. The van der Waals surface area contributed by atoms with Crippen molar-refractivity contribution in [3.8, 4) is 5.69 Å². The maximum atomic E-state index is 12.4. The number of nitrogens with one attached hydrogen (secondary N) is 2. The van der Waals surface area contributed by atoms with Gasteiger partial charge >= 0.3 is 0 Å². The number of rotatable bonds is 7. The molecule has 112 valence electrons. The summed E-state index contributed by atoms with van der Waals surface area (Å²) in [5, 5.41) is 7.21. The summed E-state index contributed by atoms with van der Waals surface area (Å²) >= 11 is 0. The smallest absolute Gasteiger partial charge is 0.280 e. The normalized spacial score (nSPS) is 11.1. The molecule has 5 nitrogen and oxygen atoms in total. The second-order valence-corrected chi connectivity index (χ2v) is 5.00. The van der Waals surface area contributed by atoms with E-state index in [9.17, 15) is 4.79 Å². The summed E-state index contributed by atoms with van der Waals surface area (Å²) in [5.74, 6) is 0. The number of benzene rings is 1. The zero-order valence-electron chi connectivity index (χ0n) is 12.6. The number of hydrogen-bond donors (Lipinski definition) is 2. The largest absolute Gasteiger partial charge is 0.310 e. The van der Waals surface area contributed by atoms with Crippen molar-refractivity contribution in [1.29, 1.82) is 0 Å². The topological polar surface area (TPSA) is 62.2 Å². The van der Waals surface area contributed by atoms with Crippen molar-refractivity contribution in [2.75, 3.05) is 6.54 Å². The molecular formula is C16H22N4O. The number of aryl methyl sites for hydroxylation is 1. The van der Waals surface area contributed by atoms with Crippen LogP contribution in [0.25, 0.3) is 5.69 Å². The molecule has 0 bridgehead atoms. The lowest BCUT2D eigenvalue weighted by Crippen LogP contribution is -2.18. The first-order valence-electron chi connectivity index (χ1n) is 7.37. The van der Waals surface area contributed by atoms with Crippen LogP contribution >= 0.6 is 0 Å². The molecule has 0 unspecified atom stereocenters. The molecule has 21 heavy (non-hydrogen) atoms. The fraction of sp³-hybridized carbons (Fsp3) is 0.375. The van der Waals surface area contributed by atoms with Gasteiger partial charge in [-0.1, -0.05) is 38.0 Å². The molecule has 1 aromatic heterocycles. The molecule has 1 heterocycles. The van der Waals surface area contributed by atoms with Crippen LogP contribution in [0.1, 0.15) is 37.4 Å². The van der Waals surface area contributed by atoms with E-state index in [0.29, 0.717) is 5.56 Å². The molecular weight excluding hydrogens is 264 g/mol. The summed E-state index contributed by atoms with van der Waals surface area (Å²) in [4.78, 5) is 12.4. The van der Waals surface area contributed by atoms with Gasteiger partial charge in [-0.05, 0) is 25.5 Å². The van der Waals surface area contributed by atoms with E-state index in [-0.39, 0.29) is 5.56 Å². The van der Waals surface area contributed by atoms with E-state index in [4.69, 9.17) is 0 Å². The van der Waals surface area contributed by atoms with Gasteiger partial charge in [0.1, 0.15) is 0 Å². The average molecular weight is 286 g/mol. The van der Waals surface area contributed by atoms with Crippen molar-refractivity contribution in [2.45, 2.75) is 33.1 Å². The minimum Gasteiger partial charge on any atom is -0.310 e. The Labute approximate surface area is 124 Å². The Hall–Kier alpha value is -2.30. The van der Waals surface area contributed by atoms with Crippen molar-refractivity contribution in [2.24, 2.45) is 5.10 Å². The van der Waals surface area contributed by atoms with Crippen LogP contribution in [0.4, 0.5) is 0 Å². The van der Waals surface area contributed by atoms with Gasteiger partial charge in [-0.15, -0.1) is 0 Å². The molecule has 0 atom stereocenters. The van der Waals surface area contributed by atoms with Crippen LogP contribution in [0.3, 0.4) is 0 Å². The van der Waals surface area contributed by atoms with Gasteiger partial charge in [0.25, 0.3) is 5.56 Å². The van der Waals surface area contributed by atoms with Crippen molar-refractivity contribution < 1.29 is 0 Å². The molecule has 5 heteroatoms. The highest BCUT2D eigenvalue weighted by molar-refractivity contribution is 5.80. The molecule has 1 aromatic carbocycles. The van der Waals surface area contributed by atoms with Crippen LogP contribution in [0.15, 0.2) is 40.2 Å². The summed E-state index contributed by atoms with van der Waals surface area (Å²) in [6, 6.07) is 9.51. The zero-order valence-corrected chi connectivity index (χ0v) is 12.6. The molecule has 2 rings (SSSR count). The third kappa shape index (κ3) is 3.84. The maximum absolute atomic E-state index is 12.4. The van der Waals surface area contributed by atoms with Gasteiger partial charge in [0.15, 0.2) is 0 Å². The van der Waals surface area contributed by atoms with E-state index >= 15 is 0 Å². The van der Waals surface area contributed by atoms with Crippen molar-refractivity contribution in [1.82, 2.24) is 15.2 Å². The minimum atomic E-state index is -0.0854. The Bertz CT molecular complexity index is 640. The van der Waals surface area contributed by atoms with E-state index in [1.807, 2.05) is 37.3 Å². The van der Waals surface area contributed by atoms with Gasteiger partial charge in [0.2, 0.25) is 0 Å². The summed E-state index contributed by atoms with van der Waals surface area (Å²) in [7, 11) is 0. The highest BCUT2D eigenvalue weighted by Gasteiger charge is 2.09. The van der Waals surface area contributed by atoms with Gasteiger partial charge < -0.3 is 5.43 Å². The Balaban J connectivity index is 2.10. The fourth-order valence-electron chi connectivity index (χ4n) is 2.10. The standard InChI is InChI=1S/C16H22N4O/c1-3-4-8-11-17-18-12-15-13(2)19-20(16(15)21)14-9-6-5-7-10-14/h5-7,9-10,12,17,19H,3-4,8,11H2,1-2H3/b18-12+. The van der Waals surface area contributed by atoms with E-state index in [2.05, 4.69) is 22.5 Å². The molecule has 0 aliphatic carbocycles. The first-order chi connectivity index (χ1) is 10.2. The molecule has 0 saturated heterocycles. The fourth-order valence-corrected chi connectivity index (χ4v) is 2.10. The predicted molar refractivity (Wildman–Crippen MR) is 86.2 cm³/mol. The first-order valence-corrected chi connectivity index (χ1v) is 7.37. The lowest BCUT2D eigenvalue weighted by molar-refractivity contribution is 0.641. The molecule has 0 aliphatic heterocycles. The van der Waals surface area contributed by atoms with Crippen molar-refractivity contribution >= 4 is 6.21 Å². The summed E-state index contributed by atoms with van der Waals surface area (Å²) in [6.45, 7) is 4.87. The van der Waals surface area contributed by atoms with E-state index in [0.717, 1.165) is 24.3 Å². The molecule has 0 fully saturated rings. The lowest BCUT2D eigenvalue weighted by atomic mass is 10.2. The molecule has 2 N–H and O–H groups in total. The highest BCUT2D eigenvalue weighted by atomic mass is 16.1. The number of H-pyrrole nitrogens is 1. The van der Waals surface area contributed by atoms with Crippen LogP contribution in [0.5, 0.6) is 0 Å². The quantitative estimate of drug-likeness (QED) is 0.467. The minimum absolute atomic E-state index is 0.0854. The van der Waals surface area contributed by atoms with Gasteiger partial charge in [-0.25, -0.2) is 4.68 Å². The molecule has 0 aliphatic rings. The Morgan fingerprint density at radius 1 is 1.29 bits per heavy atom. The molecule has 0 saturated carbocycles. The lowest BCUT2D eigenvalue weighted by Gasteiger charge is -1.99. The third-order valence-corrected chi connectivity index (χ3v) is 3.31. The predicted octanol–water partition coefficient (Wildman–Crippen LogP) is 2.59. The number of hydrogen-bond acceptors (Lipinski definition) is 3. The average Bonchev–Trinajstić information content (AvgIpc) is 2.79. The van der Waals surface area contributed by atoms with E-state index in [1.54, 1.807) is 6.21 Å². The number of hydrazone groups is 1. The molecule has 0 amide bonds. The molecule has 0 spiro atoms.